The van der Waals surface area contributed by atoms with Gasteiger partial charge >= 0.3 is 4.87 Å². The summed E-state index contributed by atoms with van der Waals surface area (Å²) in [7, 11) is 0. The van der Waals surface area contributed by atoms with E-state index in [0.29, 0.717) is 15.7 Å². The summed E-state index contributed by atoms with van der Waals surface area (Å²) in [6.07, 6.45) is 1.60. The predicted molar refractivity (Wildman–Crippen MR) is 51.0 cm³/mol. The highest BCUT2D eigenvalue weighted by Gasteiger charge is 2.07. The molecular formula is C7H4ClN3OS. The molecule has 0 bridgehead atoms. The van der Waals surface area contributed by atoms with Crippen molar-refractivity contribution in [2.45, 2.75) is 0 Å². The molecular weight excluding hydrogens is 210 g/mol. The van der Waals surface area contributed by atoms with Gasteiger partial charge in [0.15, 0.2) is 5.01 Å². The third-order valence-electron chi connectivity index (χ3n) is 1.40. The van der Waals surface area contributed by atoms with Crippen LogP contribution in [0.5, 0.6) is 0 Å². The molecule has 0 aliphatic heterocycles. The van der Waals surface area contributed by atoms with Crippen LogP contribution in [0.2, 0.25) is 5.02 Å². The number of H-pyrrole nitrogens is 1. The van der Waals surface area contributed by atoms with E-state index < -0.39 is 0 Å². The van der Waals surface area contributed by atoms with Gasteiger partial charge in [0.05, 0.1) is 5.02 Å². The first-order valence-corrected chi connectivity index (χ1v) is 4.63. The number of pyridine rings is 1. The minimum atomic E-state index is -0.211. The molecule has 0 unspecified atom stereocenters. The lowest BCUT2D eigenvalue weighted by Crippen LogP contribution is -1.90. The minimum absolute atomic E-state index is 0.211. The van der Waals surface area contributed by atoms with Gasteiger partial charge in [-0.3, -0.25) is 9.78 Å². The average molecular weight is 214 g/mol. The van der Waals surface area contributed by atoms with Crippen molar-refractivity contribution in [3.63, 3.8) is 0 Å². The van der Waals surface area contributed by atoms with E-state index in [4.69, 9.17) is 11.6 Å². The van der Waals surface area contributed by atoms with Crippen molar-refractivity contribution >= 4 is 22.9 Å². The molecule has 0 saturated carbocycles. The Balaban J connectivity index is 2.58. The first-order valence-electron chi connectivity index (χ1n) is 3.44. The second kappa shape index (κ2) is 3.27. The second-order valence-corrected chi connectivity index (χ2v) is 3.62. The van der Waals surface area contributed by atoms with Crippen LogP contribution in [0.1, 0.15) is 0 Å². The highest BCUT2D eigenvalue weighted by Crippen LogP contribution is 2.23. The van der Waals surface area contributed by atoms with Gasteiger partial charge in [-0.2, -0.15) is 5.10 Å². The molecule has 0 aromatic carbocycles. The lowest BCUT2D eigenvalue weighted by molar-refractivity contribution is 1.06. The van der Waals surface area contributed by atoms with Crippen molar-refractivity contribution in [3.8, 4) is 10.7 Å². The zero-order valence-corrected chi connectivity index (χ0v) is 7.89. The van der Waals surface area contributed by atoms with Gasteiger partial charge in [-0.05, 0) is 12.1 Å². The van der Waals surface area contributed by atoms with Crippen LogP contribution in [0.3, 0.4) is 0 Å². The summed E-state index contributed by atoms with van der Waals surface area (Å²) in [4.78, 5) is 14.6. The van der Waals surface area contributed by atoms with Crippen LogP contribution in [0, 0.1) is 0 Å². The number of hydrogen-bond acceptors (Lipinski definition) is 4. The fraction of sp³-hybridized carbons (Fsp3) is 0. The molecule has 2 rings (SSSR count). The van der Waals surface area contributed by atoms with E-state index in [1.807, 2.05) is 0 Å². The molecule has 1 N–H and O–H groups in total. The summed E-state index contributed by atoms with van der Waals surface area (Å²) < 4.78 is 0. The Labute approximate surface area is 82.2 Å². The third-order valence-corrected chi connectivity index (χ3v) is 2.46. The Bertz CT molecular complexity index is 478. The Morgan fingerprint density at radius 3 is 3.00 bits per heavy atom. The van der Waals surface area contributed by atoms with Gasteiger partial charge in [0, 0.05) is 6.20 Å². The van der Waals surface area contributed by atoms with Crippen LogP contribution in [0.25, 0.3) is 10.7 Å². The lowest BCUT2D eigenvalue weighted by Gasteiger charge is -1.95. The smallest absolute Gasteiger partial charge is 0.255 e. The summed E-state index contributed by atoms with van der Waals surface area (Å²) in [6, 6.07) is 3.43. The van der Waals surface area contributed by atoms with E-state index in [-0.39, 0.29) is 4.87 Å². The number of rotatable bonds is 1. The maximum atomic E-state index is 10.8. The van der Waals surface area contributed by atoms with Gasteiger partial charge in [0.25, 0.3) is 0 Å². The first-order chi connectivity index (χ1) is 6.27. The molecule has 2 aromatic rings. The molecule has 0 amide bonds. The number of aromatic amines is 1. The third kappa shape index (κ3) is 1.61. The van der Waals surface area contributed by atoms with Gasteiger partial charge in [-0.15, -0.1) is 0 Å². The molecule has 4 nitrogen and oxygen atoms in total. The van der Waals surface area contributed by atoms with Crippen molar-refractivity contribution in [1.82, 2.24) is 15.2 Å². The monoisotopic (exact) mass is 213 g/mol. The average Bonchev–Trinajstić information content (AvgIpc) is 2.53. The minimum Gasteiger partial charge on any atom is -0.255 e. The molecule has 0 spiro atoms. The van der Waals surface area contributed by atoms with Crippen molar-refractivity contribution in [2.24, 2.45) is 0 Å². The van der Waals surface area contributed by atoms with Gasteiger partial charge < -0.3 is 0 Å². The molecule has 66 valence electrons. The van der Waals surface area contributed by atoms with Gasteiger partial charge in [-0.25, -0.2) is 5.10 Å². The molecule has 0 atom stereocenters. The van der Waals surface area contributed by atoms with E-state index in [2.05, 4.69) is 15.2 Å². The summed E-state index contributed by atoms with van der Waals surface area (Å²) in [5.41, 5.74) is 0.535. The first kappa shape index (κ1) is 8.40. The fourth-order valence-electron chi connectivity index (χ4n) is 0.874. The largest absolute Gasteiger partial charge is 0.322 e. The summed E-state index contributed by atoms with van der Waals surface area (Å²) >= 11 is 6.84. The van der Waals surface area contributed by atoms with Crippen molar-refractivity contribution in [2.75, 3.05) is 0 Å². The second-order valence-electron chi connectivity index (χ2n) is 2.25. The molecule has 0 fully saturated rings. The zero-order valence-electron chi connectivity index (χ0n) is 6.32. The van der Waals surface area contributed by atoms with Gasteiger partial charge in [0.2, 0.25) is 0 Å². The lowest BCUT2D eigenvalue weighted by atomic mass is 10.4. The molecule has 0 radical (unpaired) electrons. The highest BCUT2D eigenvalue weighted by molar-refractivity contribution is 7.12. The number of aromatic nitrogens is 3. The van der Waals surface area contributed by atoms with Crippen LogP contribution >= 0.6 is 22.9 Å². The zero-order chi connectivity index (χ0) is 9.26. The van der Waals surface area contributed by atoms with Crippen molar-refractivity contribution in [1.29, 1.82) is 0 Å². The molecule has 2 aromatic heterocycles. The molecule has 2 heterocycles. The maximum absolute atomic E-state index is 10.8. The molecule has 0 saturated heterocycles. The Kier molecular flexibility index (Phi) is 2.12. The van der Waals surface area contributed by atoms with E-state index >= 15 is 0 Å². The standard InChI is InChI=1S/C7H4ClN3OS/c8-4-2-1-3-9-5(4)6-10-11-7(12)13-6/h1-3H,(H,11,12). The highest BCUT2D eigenvalue weighted by atomic mass is 35.5. The van der Waals surface area contributed by atoms with E-state index in [0.717, 1.165) is 11.3 Å². The molecule has 0 aliphatic carbocycles. The van der Waals surface area contributed by atoms with E-state index in [9.17, 15) is 4.79 Å². The normalized spacial score (nSPS) is 10.2. The Hall–Kier alpha value is -1.20. The molecule has 13 heavy (non-hydrogen) atoms. The van der Waals surface area contributed by atoms with Crippen LogP contribution in [0.15, 0.2) is 23.1 Å². The summed E-state index contributed by atoms with van der Waals surface area (Å²) in [5, 5.41) is 7.09. The quantitative estimate of drug-likeness (QED) is 0.782. The number of halogens is 1. The topological polar surface area (TPSA) is 58.6 Å². The van der Waals surface area contributed by atoms with Gasteiger partial charge in [0.1, 0.15) is 5.69 Å². The van der Waals surface area contributed by atoms with Crippen LogP contribution in [0.4, 0.5) is 0 Å². The Morgan fingerprint density at radius 1 is 1.54 bits per heavy atom. The fourth-order valence-corrected chi connectivity index (χ4v) is 1.76. The SMILES string of the molecule is O=c1[nH]nc(-c2ncccc2Cl)s1. The maximum Gasteiger partial charge on any atom is 0.322 e. The predicted octanol–water partition coefficient (Wildman–Crippen LogP) is 1.55. The number of nitrogens with one attached hydrogen (secondary N) is 1. The van der Waals surface area contributed by atoms with Crippen LogP contribution < -0.4 is 4.87 Å². The van der Waals surface area contributed by atoms with Gasteiger partial charge in [-0.1, -0.05) is 22.9 Å². The summed E-state index contributed by atoms with van der Waals surface area (Å²) in [6.45, 7) is 0. The summed E-state index contributed by atoms with van der Waals surface area (Å²) in [5.74, 6) is 0. The number of hydrogen-bond donors (Lipinski definition) is 1. The van der Waals surface area contributed by atoms with Crippen molar-refractivity contribution in [3.05, 3.63) is 33.0 Å². The van der Waals surface area contributed by atoms with Crippen molar-refractivity contribution < 1.29 is 0 Å². The molecule has 6 heteroatoms. The molecule has 0 aliphatic rings. The van der Waals surface area contributed by atoms with Crippen LogP contribution in [-0.4, -0.2) is 15.2 Å². The number of nitrogens with zero attached hydrogens (tertiary/aromatic N) is 2. The van der Waals surface area contributed by atoms with E-state index in [1.54, 1.807) is 18.3 Å². The van der Waals surface area contributed by atoms with Crippen LogP contribution in [-0.2, 0) is 0 Å². The van der Waals surface area contributed by atoms with E-state index in [1.165, 1.54) is 0 Å². The Morgan fingerprint density at radius 2 is 2.38 bits per heavy atom.